The molecule has 4 aromatic rings. The lowest BCUT2D eigenvalue weighted by Crippen LogP contribution is -2.12. The predicted molar refractivity (Wildman–Crippen MR) is 124 cm³/mol. The highest BCUT2D eigenvalue weighted by molar-refractivity contribution is 6.04. The first-order chi connectivity index (χ1) is 15.4. The van der Waals surface area contributed by atoms with Gasteiger partial charge in [-0.25, -0.2) is 4.98 Å². The Hall–Kier alpha value is -4.00. The molecule has 7 heteroatoms. The van der Waals surface area contributed by atoms with Crippen molar-refractivity contribution >= 4 is 28.4 Å². The molecule has 0 saturated heterocycles. The highest BCUT2D eigenvalue weighted by Gasteiger charge is 2.15. The first-order valence-corrected chi connectivity index (χ1v) is 10.4. The summed E-state index contributed by atoms with van der Waals surface area (Å²) in [4.78, 5) is 27.6. The fourth-order valence-electron chi connectivity index (χ4n) is 3.51. The van der Waals surface area contributed by atoms with E-state index in [1.807, 2.05) is 18.2 Å². The molecule has 162 valence electrons. The number of carbonyl (C=O) groups excluding carboxylic acids is 1. The first kappa shape index (κ1) is 21.2. The summed E-state index contributed by atoms with van der Waals surface area (Å²) in [5, 5.41) is 13.8. The third-order valence-corrected chi connectivity index (χ3v) is 5.64. The maximum Gasteiger partial charge on any atom is 0.272 e. The zero-order valence-electron chi connectivity index (χ0n) is 18.1. The van der Waals surface area contributed by atoms with Crippen LogP contribution >= 0.6 is 0 Å². The van der Waals surface area contributed by atoms with E-state index in [2.05, 4.69) is 36.3 Å². The van der Waals surface area contributed by atoms with Gasteiger partial charge in [0.15, 0.2) is 5.58 Å². The number of oxazole rings is 1. The van der Waals surface area contributed by atoms with Crippen molar-refractivity contribution in [1.29, 1.82) is 0 Å². The average molecular weight is 429 g/mol. The molecule has 0 aliphatic rings. The Morgan fingerprint density at radius 1 is 1.12 bits per heavy atom. The minimum Gasteiger partial charge on any atom is -0.436 e. The summed E-state index contributed by atoms with van der Waals surface area (Å²) in [6.45, 7) is 5.95. The molecule has 1 N–H and O–H groups in total. The van der Waals surface area contributed by atoms with E-state index in [0.29, 0.717) is 28.6 Å². The number of hydrogen-bond acceptors (Lipinski definition) is 5. The lowest BCUT2D eigenvalue weighted by atomic mass is 9.98. The number of benzene rings is 3. The summed E-state index contributed by atoms with van der Waals surface area (Å²) in [5.74, 6) is 0.641. The van der Waals surface area contributed by atoms with Gasteiger partial charge >= 0.3 is 0 Å². The van der Waals surface area contributed by atoms with Crippen molar-refractivity contribution in [3.8, 4) is 11.5 Å². The van der Waals surface area contributed by atoms with Gasteiger partial charge in [-0.1, -0.05) is 19.9 Å². The summed E-state index contributed by atoms with van der Waals surface area (Å²) >= 11 is 0. The average Bonchev–Trinajstić information content (AvgIpc) is 3.22. The molecule has 0 unspecified atom stereocenters. The van der Waals surface area contributed by atoms with Crippen LogP contribution in [0, 0.1) is 17.0 Å². The van der Waals surface area contributed by atoms with Gasteiger partial charge in [0.05, 0.1) is 4.92 Å². The van der Waals surface area contributed by atoms with Crippen molar-refractivity contribution in [2.75, 3.05) is 5.32 Å². The highest BCUT2D eigenvalue weighted by Crippen LogP contribution is 2.28. The molecule has 32 heavy (non-hydrogen) atoms. The van der Waals surface area contributed by atoms with Gasteiger partial charge in [0.1, 0.15) is 5.52 Å². The molecular weight excluding hydrogens is 406 g/mol. The molecule has 0 fully saturated rings. The lowest BCUT2D eigenvalue weighted by molar-refractivity contribution is -0.385. The fraction of sp³-hybridized carbons (Fsp3) is 0.200. The lowest BCUT2D eigenvalue weighted by Gasteiger charge is -2.07. The van der Waals surface area contributed by atoms with Gasteiger partial charge in [-0.15, -0.1) is 0 Å². The Kier molecular flexibility index (Phi) is 5.73. The molecule has 0 bridgehead atoms. The smallest absolute Gasteiger partial charge is 0.272 e. The largest absolute Gasteiger partial charge is 0.436 e. The van der Waals surface area contributed by atoms with Crippen molar-refractivity contribution in [2.45, 2.75) is 33.1 Å². The summed E-state index contributed by atoms with van der Waals surface area (Å²) in [6.07, 6.45) is 1.06. The third kappa shape index (κ3) is 4.23. The summed E-state index contributed by atoms with van der Waals surface area (Å²) < 4.78 is 5.90. The monoisotopic (exact) mass is 429 g/mol. The molecule has 0 radical (unpaired) electrons. The van der Waals surface area contributed by atoms with Gasteiger partial charge in [0.2, 0.25) is 5.89 Å². The van der Waals surface area contributed by atoms with E-state index < -0.39 is 4.92 Å². The molecule has 1 heterocycles. The van der Waals surface area contributed by atoms with Crippen LogP contribution in [0.15, 0.2) is 65.1 Å². The van der Waals surface area contributed by atoms with E-state index in [9.17, 15) is 14.9 Å². The van der Waals surface area contributed by atoms with Crippen molar-refractivity contribution in [2.24, 2.45) is 0 Å². The molecule has 7 nitrogen and oxygen atoms in total. The second-order valence-corrected chi connectivity index (χ2v) is 7.85. The second kappa shape index (κ2) is 8.63. The van der Waals surface area contributed by atoms with E-state index in [1.165, 1.54) is 23.8 Å². The van der Waals surface area contributed by atoms with Crippen LogP contribution in [0.5, 0.6) is 0 Å². The molecule has 4 rings (SSSR count). The number of nitrogens with zero attached hydrogens (tertiary/aromatic N) is 2. The number of nitro benzene ring substituents is 1. The molecule has 3 aromatic carbocycles. The molecule has 0 spiro atoms. The normalized spacial score (nSPS) is 12.0. The number of aromatic nitrogens is 1. The molecule has 0 aliphatic carbocycles. The third-order valence-electron chi connectivity index (χ3n) is 5.64. The number of amides is 1. The number of nitro groups is 1. The minimum absolute atomic E-state index is 0.0134. The Morgan fingerprint density at radius 3 is 2.53 bits per heavy atom. The highest BCUT2D eigenvalue weighted by atomic mass is 16.6. The van der Waals surface area contributed by atoms with E-state index in [-0.39, 0.29) is 11.6 Å². The van der Waals surface area contributed by atoms with Gasteiger partial charge in [-0.2, -0.15) is 0 Å². The van der Waals surface area contributed by atoms with Crippen LogP contribution in [-0.4, -0.2) is 15.8 Å². The predicted octanol–water partition coefficient (Wildman–Crippen LogP) is 6.48. The number of nitrogens with one attached hydrogen (secondary N) is 1. The van der Waals surface area contributed by atoms with E-state index in [4.69, 9.17) is 4.42 Å². The first-order valence-electron chi connectivity index (χ1n) is 10.4. The Bertz CT molecular complexity index is 1310. The summed E-state index contributed by atoms with van der Waals surface area (Å²) in [7, 11) is 0. The molecular formula is C25H23N3O4. The quantitative estimate of drug-likeness (QED) is 0.279. The van der Waals surface area contributed by atoms with Gasteiger partial charge in [-0.3, -0.25) is 14.9 Å². The van der Waals surface area contributed by atoms with Crippen LogP contribution in [0.4, 0.5) is 11.4 Å². The maximum atomic E-state index is 12.5. The molecule has 1 aromatic heterocycles. The zero-order chi connectivity index (χ0) is 22.8. The van der Waals surface area contributed by atoms with Crippen molar-refractivity contribution < 1.29 is 14.1 Å². The van der Waals surface area contributed by atoms with Crippen LogP contribution in [0.25, 0.3) is 22.6 Å². The van der Waals surface area contributed by atoms with Crippen LogP contribution in [0.1, 0.15) is 47.7 Å². The Balaban J connectivity index is 1.51. The number of carbonyl (C=O) groups is 1. The Labute approximate surface area is 185 Å². The van der Waals surface area contributed by atoms with Crippen molar-refractivity contribution in [3.63, 3.8) is 0 Å². The zero-order valence-corrected chi connectivity index (χ0v) is 18.1. The molecule has 0 saturated carbocycles. The minimum atomic E-state index is -0.465. The number of fused-ring (bicyclic) bond motifs is 1. The summed E-state index contributed by atoms with van der Waals surface area (Å²) in [6, 6.07) is 17.6. The standard InChI is InChI=1S/C25H23N3O4/c1-4-15(2)18-8-12-23-21(14-18)27-25(32-23)17-5-9-20(10-6-17)26-24(29)19-7-11-22(28(30)31)16(3)13-19/h5-15H,4H2,1-3H3,(H,26,29)/t15-/m0/s1. The molecule has 1 amide bonds. The van der Waals surface area contributed by atoms with E-state index >= 15 is 0 Å². The molecule has 1 atom stereocenters. The number of rotatable bonds is 6. The topological polar surface area (TPSA) is 98.3 Å². The van der Waals surface area contributed by atoms with Crippen LogP contribution in [-0.2, 0) is 0 Å². The summed E-state index contributed by atoms with van der Waals surface area (Å²) in [5.41, 5.74) is 4.97. The van der Waals surface area contributed by atoms with E-state index in [0.717, 1.165) is 23.1 Å². The van der Waals surface area contributed by atoms with Crippen molar-refractivity contribution in [3.05, 3.63) is 87.5 Å². The van der Waals surface area contributed by atoms with Crippen molar-refractivity contribution in [1.82, 2.24) is 4.98 Å². The van der Waals surface area contributed by atoms with Gasteiger partial charge in [-0.05, 0) is 73.4 Å². The van der Waals surface area contributed by atoms with Gasteiger partial charge in [0.25, 0.3) is 11.6 Å². The van der Waals surface area contributed by atoms with Crippen LogP contribution < -0.4 is 5.32 Å². The van der Waals surface area contributed by atoms with Gasteiger partial charge in [0, 0.05) is 28.4 Å². The number of hydrogen-bond donors (Lipinski definition) is 1. The molecule has 0 aliphatic heterocycles. The SMILES string of the molecule is CC[C@H](C)c1ccc2oc(-c3ccc(NC(=O)c4ccc([N+](=O)[O-])c(C)c4)cc3)nc2c1. The number of aryl methyl sites for hydroxylation is 1. The van der Waals surface area contributed by atoms with Crippen LogP contribution in [0.2, 0.25) is 0 Å². The van der Waals surface area contributed by atoms with Crippen LogP contribution in [0.3, 0.4) is 0 Å². The fourth-order valence-corrected chi connectivity index (χ4v) is 3.51. The second-order valence-electron chi connectivity index (χ2n) is 7.85. The maximum absolute atomic E-state index is 12.5. The Morgan fingerprint density at radius 2 is 1.88 bits per heavy atom. The number of anilines is 1. The van der Waals surface area contributed by atoms with E-state index in [1.54, 1.807) is 19.1 Å². The van der Waals surface area contributed by atoms with Gasteiger partial charge < -0.3 is 9.73 Å².